The Bertz CT molecular complexity index is 669. The number of ether oxygens (including phenoxy) is 2. The molecule has 0 aliphatic carbocycles. The van der Waals surface area contributed by atoms with Crippen LogP contribution in [-0.2, 0) is 4.74 Å². The lowest BCUT2D eigenvalue weighted by Gasteiger charge is -2.25. The van der Waals surface area contributed by atoms with Crippen molar-refractivity contribution < 1.29 is 19.4 Å². The minimum atomic E-state index is -0.724. The summed E-state index contributed by atoms with van der Waals surface area (Å²) >= 11 is 0. The van der Waals surface area contributed by atoms with Crippen molar-refractivity contribution in [3.8, 4) is 5.75 Å². The molecular formula is C22H38N4O4. The summed E-state index contributed by atoms with van der Waals surface area (Å²) in [6.07, 6.45) is -0.988. The number of amides is 1. The van der Waals surface area contributed by atoms with Gasteiger partial charge in [0.1, 0.15) is 11.4 Å². The number of carbonyl (C=O) groups is 1. The predicted molar refractivity (Wildman–Crippen MR) is 120 cm³/mol. The van der Waals surface area contributed by atoms with Gasteiger partial charge in [-0.25, -0.2) is 4.79 Å². The van der Waals surface area contributed by atoms with Gasteiger partial charge in [-0.05, 0) is 59.2 Å². The molecule has 3 N–H and O–H groups in total. The monoisotopic (exact) mass is 422 g/mol. The average Bonchev–Trinajstić information content (AvgIpc) is 2.64. The van der Waals surface area contributed by atoms with Crippen LogP contribution in [0.1, 0.15) is 53.2 Å². The minimum Gasteiger partial charge on any atom is -0.491 e. The highest BCUT2D eigenvalue weighted by Gasteiger charge is 2.19. The Kier molecular flexibility index (Phi) is 10.5. The Morgan fingerprint density at radius 2 is 1.83 bits per heavy atom. The summed E-state index contributed by atoms with van der Waals surface area (Å²) in [7, 11) is 1.69. The zero-order valence-corrected chi connectivity index (χ0v) is 19.4. The molecule has 1 aromatic carbocycles. The average molecular weight is 423 g/mol. The van der Waals surface area contributed by atoms with E-state index in [1.54, 1.807) is 7.05 Å². The van der Waals surface area contributed by atoms with Gasteiger partial charge in [-0.1, -0.05) is 12.1 Å². The summed E-state index contributed by atoms with van der Waals surface area (Å²) in [4.78, 5) is 18.0. The number of aliphatic imine (C=N–C) groups is 1. The second-order valence-corrected chi connectivity index (χ2v) is 8.30. The van der Waals surface area contributed by atoms with Gasteiger partial charge in [0.25, 0.3) is 0 Å². The number of aliphatic hydroxyl groups is 1. The van der Waals surface area contributed by atoms with Crippen LogP contribution in [0.15, 0.2) is 29.3 Å². The summed E-state index contributed by atoms with van der Waals surface area (Å²) in [6, 6.07) is 7.37. The Labute approximate surface area is 180 Å². The number of hydrogen-bond donors (Lipinski definition) is 3. The third-order valence-corrected chi connectivity index (χ3v) is 3.85. The SMILES string of the molecule is CCNC(=NCC(O)c1ccc(OC(C)C)cc1)NCCN(C)C(=O)OC(C)(C)C. The molecule has 0 aliphatic rings. The molecule has 0 bridgehead atoms. The molecule has 0 heterocycles. The summed E-state index contributed by atoms with van der Waals surface area (Å²) in [6.45, 7) is 13.3. The first-order valence-electron chi connectivity index (χ1n) is 10.4. The molecule has 30 heavy (non-hydrogen) atoms. The van der Waals surface area contributed by atoms with E-state index in [1.807, 2.05) is 65.8 Å². The van der Waals surface area contributed by atoms with Crippen LogP contribution in [0.5, 0.6) is 5.75 Å². The normalized spacial score (nSPS) is 13.0. The summed E-state index contributed by atoms with van der Waals surface area (Å²) < 4.78 is 11.0. The number of nitrogens with zero attached hydrogens (tertiary/aromatic N) is 2. The smallest absolute Gasteiger partial charge is 0.410 e. The zero-order valence-electron chi connectivity index (χ0n) is 19.4. The van der Waals surface area contributed by atoms with Crippen molar-refractivity contribution in [2.45, 2.75) is 59.4 Å². The van der Waals surface area contributed by atoms with E-state index in [0.717, 1.165) is 11.3 Å². The van der Waals surface area contributed by atoms with E-state index in [1.165, 1.54) is 4.90 Å². The molecule has 0 aliphatic heterocycles. The fourth-order valence-corrected chi connectivity index (χ4v) is 2.44. The van der Waals surface area contributed by atoms with Gasteiger partial charge in [-0.2, -0.15) is 0 Å². The van der Waals surface area contributed by atoms with E-state index in [9.17, 15) is 9.90 Å². The molecule has 0 saturated carbocycles. The van der Waals surface area contributed by atoms with Crippen molar-refractivity contribution >= 4 is 12.1 Å². The maximum Gasteiger partial charge on any atom is 0.410 e. The molecule has 1 atom stereocenters. The summed E-state index contributed by atoms with van der Waals surface area (Å²) in [5.41, 5.74) is 0.250. The van der Waals surface area contributed by atoms with E-state index in [2.05, 4.69) is 15.6 Å². The van der Waals surface area contributed by atoms with Gasteiger partial charge in [0.2, 0.25) is 0 Å². The lowest BCUT2D eigenvalue weighted by molar-refractivity contribution is 0.0302. The Hall–Kier alpha value is -2.48. The first-order chi connectivity index (χ1) is 14.0. The molecular weight excluding hydrogens is 384 g/mol. The largest absolute Gasteiger partial charge is 0.491 e. The molecule has 170 valence electrons. The Morgan fingerprint density at radius 3 is 2.37 bits per heavy atom. The number of aliphatic hydroxyl groups excluding tert-OH is 1. The minimum absolute atomic E-state index is 0.105. The second-order valence-electron chi connectivity index (χ2n) is 8.30. The number of hydrogen-bond acceptors (Lipinski definition) is 5. The lowest BCUT2D eigenvalue weighted by Crippen LogP contribution is -2.43. The molecule has 0 fully saturated rings. The van der Waals surface area contributed by atoms with Gasteiger partial charge in [-0.15, -0.1) is 0 Å². The molecule has 8 nitrogen and oxygen atoms in total. The topological polar surface area (TPSA) is 95.4 Å². The number of nitrogens with one attached hydrogen (secondary N) is 2. The van der Waals surface area contributed by atoms with Gasteiger partial charge in [0, 0.05) is 26.7 Å². The molecule has 1 rings (SSSR count). The van der Waals surface area contributed by atoms with Gasteiger partial charge in [-0.3, -0.25) is 4.99 Å². The molecule has 0 spiro atoms. The maximum absolute atomic E-state index is 12.0. The quantitative estimate of drug-likeness (QED) is 0.418. The van der Waals surface area contributed by atoms with Gasteiger partial charge >= 0.3 is 6.09 Å². The Morgan fingerprint density at radius 1 is 1.20 bits per heavy atom. The lowest BCUT2D eigenvalue weighted by atomic mass is 10.1. The fourth-order valence-electron chi connectivity index (χ4n) is 2.44. The summed E-state index contributed by atoms with van der Waals surface area (Å²) in [5.74, 6) is 1.35. The summed E-state index contributed by atoms with van der Waals surface area (Å²) in [5, 5.41) is 16.7. The van der Waals surface area contributed by atoms with E-state index in [4.69, 9.17) is 9.47 Å². The van der Waals surface area contributed by atoms with Gasteiger partial charge in [0.15, 0.2) is 5.96 Å². The molecule has 0 saturated heterocycles. The standard InChI is InChI=1S/C22H38N4O4/c1-8-23-20(24-13-14-26(7)21(28)30-22(4,5)6)25-15-19(27)17-9-11-18(12-10-17)29-16(2)3/h9-12,16,19,27H,8,13-15H2,1-7H3,(H2,23,24,25). The van der Waals surface area contributed by atoms with Crippen molar-refractivity contribution in [2.24, 2.45) is 4.99 Å². The maximum atomic E-state index is 12.0. The van der Waals surface area contributed by atoms with E-state index >= 15 is 0 Å². The molecule has 0 aromatic heterocycles. The predicted octanol–water partition coefficient (Wildman–Crippen LogP) is 2.93. The molecule has 1 aromatic rings. The van der Waals surface area contributed by atoms with Crippen molar-refractivity contribution in [2.75, 3.05) is 33.2 Å². The third kappa shape index (κ3) is 10.3. The van der Waals surface area contributed by atoms with Crippen LogP contribution in [0.3, 0.4) is 0 Å². The fraction of sp³-hybridized carbons (Fsp3) is 0.636. The zero-order chi connectivity index (χ0) is 22.7. The van der Waals surface area contributed by atoms with Crippen LogP contribution in [0.25, 0.3) is 0 Å². The van der Waals surface area contributed by atoms with Crippen LogP contribution >= 0.6 is 0 Å². The van der Waals surface area contributed by atoms with Crippen molar-refractivity contribution in [1.82, 2.24) is 15.5 Å². The molecule has 8 heteroatoms. The number of rotatable bonds is 9. The van der Waals surface area contributed by atoms with Crippen LogP contribution in [0.2, 0.25) is 0 Å². The highest BCUT2D eigenvalue weighted by atomic mass is 16.6. The van der Waals surface area contributed by atoms with E-state index in [-0.39, 0.29) is 18.7 Å². The number of likely N-dealkylation sites (N-methyl/N-ethyl adjacent to an activating group) is 1. The highest BCUT2D eigenvalue weighted by Crippen LogP contribution is 2.19. The second kappa shape index (κ2) is 12.3. The first kappa shape index (κ1) is 25.6. The van der Waals surface area contributed by atoms with Crippen LogP contribution in [0, 0.1) is 0 Å². The van der Waals surface area contributed by atoms with Crippen molar-refractivity contribution in [1.29, 1.82) is 0 Å². The molecule has 0 radical (unpaired) electrons. The van der Waals surface area contributed by atoms with Crippen LogP contribution < -0.4 is 15.4 Å². The number of carbonyl (C=O) groups excluding carboxylic acids is 1. The van der Waals surface area contributed by atoms with Gasteiger partial charge in [0.05, 0.1) is 18.8 Å². The number of guanidine groups is 1. The third-order valence-electron chi connectivity index (χ3n) is 3.85. The molecule has 1 amide bonds. The number of benzene rings is 1. The van der Waals surface area contributed by atoms with Crippen LogP contribution in [-0.4, -0.2) is 67.0 Å². The van der Waals surface area contributed by atoms with E-state index < -0.39 is 11.7 Å². The van der Waals surface area contributed by atoms with Crippen molar-refractivity contribution in [3.63, 3.8) is 0 Å². The van der Waals surface area contributed by atoms with Gasteiger partial charge < -0.3 is 30.1 Å². The molecule has 1 unspecified atom stereocenters. The highest BCUT2D eigenvalue weighted by molar-refractivity contribution is 5.79. The van der Waals surface area contributed by atoms with E-state index in [0.29, 0.717) is 25.6 Å². The van der Waals surface area contributed by atoms with Crippen molar-refractivity contribution in [3.05, 3.63) is 29.8 Å². The van der Waals surface area contributed by atoms with Crippen LogP contribution in [0.4, 0.5) is 4.79 Å². The first-order valence-corrected chi connectivity index (χ1v) is 10.4. The Balaban J connectivity index is 2.55.